The third kappa shape index (κ3) is 4.29. The fraction of sp³-hybridized carbons (Fsp3) is 0.500. The van der Waals surface area contributed by atoms with Gasteiger partial charge in [-0.15, -0.1) is 10.2 Å². The Balaban J connectivity index is 1.28. The first kappa shape index (κ1) is 17.6. The van der Waals surface area contributed by atoms with Crippen LogP contribution < -0.4 is 10.2 Å². The number of carbonyl (C=O) groups is 1. The molecule has 0 bridgehead atoms. The molecule has 8 heteroatoms. The Morgan fingerprint density at radius 3 is 2.62 bits per heavy atom. The smallest absolute Gasteiger partial charge is 0.235 e. The maximum absolute atomic E-state index is 12.8. The quantitative estimate of drug-likeness (QED) is 0.767. The van der Waals surface area contributed by atoms with Gasteiger partial charge < -0.3 is 15.1 Å². The zero-order chi connectivity index (χ0) is 17.9. The zero-order valence-electron chi connectivity index (χ0n) is 14.8. The summed E-state index contributed by atoms with van der Waals surface area (Å²) in [6.07, 6.45) is 2.43. The summed E-state index contributed by atoms with van der Waals surface area (Å²) >= 11 is 3.05. The van der Waals surface area contributed by atoms with Crippen molar-refractivity contribution in [3.63, 3.8) is 0 Å². The molecule has 1 saturated heterocycles. The topological polar surface area (TPSA) is 61.4 Å². The van der Waals surface area contributed by atoms with Gasteiger partial charge in [0.1, 0.15) is 0 Å². The first-order chi connectivity index (χ1) is 12.7. The van der Waals surface area contributed by atoms with Crippen molar-refractivity contribution < 1.29 is 4.79 Å². The molecular weight excluding hydrogens is 366 g/mol. The molecule has 0 radical (unpaired) electrons. The van der Waals surface area contributed by atoms with Gasteiger partial charge in [0, 0.05) is 37.9 Å². The lowest BCUT2D eigenvalue weighted by molar-refractivity contribution is -0.130. The van der Waals surface area contributed by atoms with E-state index in [4.69, 9.17) is 0 Å². The highest BCUT2D eigenvalue weighted by Gasteiger charge is 2.27. The van der Waals surface area contributed by atoms with Crippen LogP contribution in [0.5, 0.6) is 0 Å². The molecule has 1 amide bonds. The summed E-state index contributed by atoms with van der Waals surface area (Å²) in [5.74, 6) is 0.189. The molecule has 2 fully saturated rings. The van der Waals surface area contributed by atoms with E-state index >= 15 is 0 Å². The van der Waals surface area contributed by atoms with Gasteiger partial charge in [-0.1, -0.05) is 41.3 Å². The number of rotatable bonds is 6. The molecule has 1 N–H and O–H groups in total. The van der Waals surface area contributed by atoms with Crippen molar-refractivity contribution in [2.75, 3.05) is 36.4 Å². The van der Waals surface area contributed by atoms with Crippen LogP contribution in [0.25, 0.3) is 0 Å². The van der Waals surface area contributed by atoms with Gasteiger partial charge in [-0.2, -0.15) is 0 Å². The van der Waals surface area contributed by atoms with Crippen LogP contribution in [0, 0.1) is 0 Å². The van der Waals surface area contributed by atoms with Crippen molar-refractivity contribution >= 4 is 39.8 Å². The molecule has 1 atom stereocenters. The van der Waals surface area contributed by atoms with E-state index < -0.39 is 0 Å². The third-order valence-corrected chi connectivity index (χ3v) is 6.68. The number of aromatic nitrogens is 2. The van der Waals surface area contributed by atoms with E-state index in [1.54, 1.807) is 11.3 Å². The summed E-state index contributed by atoms with van der Waals surface area (Å²) in [6, 6.07) is 11.0. The second-order valence-corrected chi connectivity index (χ2v) is 9.27. The van der Waals surface area contributed by atoms with Crippen molar-refractivity contribution in [2.45, 2.75) is 35.4 Å². The summed E-state index contributed by atoms with van der Waals surface area (Å²) < 4.78 is 0.858. The predicted octanol–water partition coefficient (Wildman–Crippen LogP) is 2.94. The van der Waals surface area contributed by atoms with Crippen molar-refractivity contribution in [2.24, 2.45) is 0 Å². The molecule has 4 rings (SSSR count). The molecule has 0 spiro atoms. The zero-order valence-corrected chi connectivity index (χ0v) is 16.4. The van der Waals surface area contributed by atoms with Crippen LogP contribution in [-0.2, 0) is 4.79 Å². The molecule has 1 aromatic heterocycles. The lowest BCUT2D eigenvalue weighted by Gasteiger charge is -2.37. The van der Waals surface area contributed by atoms with Gasteiger partial charge in [0.2, 0.25) is 11.0 Å². The van der Waals surface area contributed by atoms with Gasteiger partial charge in [-0.05, 0) is 31.9 Å². The largest absolute Gasteiger partial charge is 0.368 e. The number of hydrogen-bond donors (Lipinski definition) is 1. The van der Waals surface area contributed by atoms with Gasteiger partial charge >= 0.3 is 0 Å². The van der Waals surface area contributed by atoms with Gasteiger partial charge in [0.05, 0.1) is 5.25 Å². The fourth-order valence-electron chi connectivity index (χ4n) is 3.00. The second-order valence-electron chi connectivity index (χ2n) is 6.70. The molecule has 138 valence electrons. The minimum Gasteiger partial charge on any atom is -0.368 e. The number of thioether (sulfide) groups is 1. The minimum atomic E-state index is -0.139. The predicted molar refractivity (Wildman–Crippen MR) is 107 cm³/mol. The summed E-state index contributed by atoms with van der Waals surface area (Å²) in [4.78, 5) is 17.1. The standard InChI is InChI=1S/C18H23N5OS2/c1-13(25-18-21-20-17(26-18)19-14-7-8-14)16(24)23-11-9-22(10-12-23)15-5-3-2-4-6-15/h2-6,13-14H,7-12H2,1H3,(H,19,20)/t13-/m0/s1. The number of benzene rings is 1. The first-order valence-electron chi connectivity index (χ1n) is 9.04. The fourth-order valence-corrected chi connectivity index (χ4v) is 5.06. The SMILES string of the molecule is C[C@H](Sc1nnc(NC2CC2)s1)C(=O)N1CCN(c2ccccc2)CC1. The average molecular weight is 390 g/mol. The van der Waals surface area contributed by atoms with Crippen LogP contribution in [0.1, 0.15) is 19.8 Å². The average Bonchev–Trinajstić information content (AvgIpc) is 3.39. The summed E-state index contributed by atoms with van der Waals surface area (Å²) in [5.41, 5.74) is 1.23. The Hall–Kier alpha value is -1.80. The summed E-state index contributed by atoms with van der Waals surface area (Å²) in [5, 5.41) is 12.5. The van der Waals surface area contributed by atoms with Crippen molar-refractivity contribution in [3.8, 4) is 0 Å². The number of nitrogens with one attached hydrogen (secondary N) is 1. The third-order valence-electron chi connectivity index (χ3n) is 4.65. The van der Waals surface area contributed by atoms with Crippen LogP contribution >= 0.6 is 23.1 Å². The molecule has 1 aliphatic carbocycles. The molecule has 2 heterocycles. The van der Waals surface area contributed by atoms with Crippen molar-refractivity contribution in [1.82, 2.24) is 15.1 Å². The Bertz CT molecular complexity index is 741. The summed E-state index contributed by atoms with van der Waals surface area (Å²) in [6.45, 7) is 5.25. The maximum Gasteiger partial charge on any atom is 0.235 e. The van der Waals surface area contributed by atoms with E-state index in [2.05, 4.69) is 44.7 Å². The molecule has 2 aromatic rings. The van der Waals surface area contributed by atoms with Gasteiger partial charge in [0.15, 0.2) is 4.34 Å². The number of carbonyl (C=O) groups excluding carboxylic acids is 1. The van der Waals surface area contributed by atoms with Crippen molar-refractivity contribution in [3.05, 3.63) is 30.3 Å². The Labute approximate surface area is 162 Å². The molecule has 26 heavy (non-hydrogen) atoms. The molecule has 1 saturated carbocycles. The van der Waals surface area contributed by atoms with Crippen LogP contribution in [0.15, 0.2) is 34.7 Å². The van der Waals surface area contributed by atoms with E-state index in [1.807, 2.05) is 17.9 Å². The number of anilines is 2. The van der Waals surface area contributed by atoms with Gasteiger partial charge in [-0.3, -0.25) is 4.79 Å². The molecule has 2 aliphatic rings. The van der Waals surface area contributed by atoms with E-state index in [-0.39, 0.29) is 11.2 Å². The highest BCUT2D eigenvalue weighted by molar-refractivity contribution is 8.02. The lowest BCUT2D eigenvalue weighted by Crippen LogP contribution is -2.50. The number of nitrogens with zero attached hydrogens (tertiary/aromatic N) is 4. The Morgan fingerprint density at radius 2 is 1.92 bits per heavy atom. The Morgan fingerprint density at radius 1 is 1.19 bits per heavy atom. The highest BCUT2D eigenvalue weighted by atomic mass is 32.2. The normalized spacial score (nSPS) is 18.7. The van der Waals surface area contributed by atoms with Gasteiger partial charge in [-0.25, -0.2) is 0 Å². The number of amides is 1. The molecule has 1 aliphatic heterocycles. The van der Waals surface area contributed by atoms with Crippen LogP contribution in [-0.4, -0.2) is 58.5 Å². The highest BCUT2D eigenvalue weighted by Crippen LogP contribution is 2.32. The first-order valence-corrected chi connectivity index (χ1v) is 10.7. The molecule has 1 aromatic carbocycles. The van der Waals surface area contributed by atoms with E-state index in [0.29, 0.717) is 6.04 Å². The number of piperazine rings is 1. The second kappa shape index (κ2) is 7.84. The summed E-state index contributed by atoms with van der Waals surface area (Å²) in [7, 11) is 0. The van der Waals surface area contributed by atoms with Crippen LogP contribution in [0.2, 0.25) is 0 Å². The maximum atomic E-state index is 12.8. The molecule has 6 nitrogen and oxygen atoms in total. The van der Waals surface area contributed by atoms with Gasteiger partial charge in [0.25, 0.3) is 0 Å². The molecule has 0 unspecified atom stereocenters. The van der Waals surface area contributed by atoms with E-state index in [1.165, 1.54) is 30.3 Å². The number of hydrogen-bond acceptors (Lipinski definition) is 7. The minimum absolute atomic E-state index is 0.139. The Kier molecular flexibility index (Phi) is 5.31. The lowest BCUT2D eigenvalue weighted by atomic mass is 10.2. The monoisotopic (exact) mass is 389 g/mol. The number of para-hydroxylation sites is 1. The van der Waals surface area contributed by atoms with Crippen LogP contribution in [0.3, 0.4) is 0 Å². The van der Waals surface area contributed by atoms with Crippen molar-refractivity contribution in [1.29, 1.82) is 0 Å². The van der Waals surface area contributed by atoms with E-state index in [0.717, 1.165) is 35.7 Å². The van der Waals surface area contributed by atoms with Crippen LogP contribution in [0.4, 0.5) is 10.8 Å². The molecular formula is C18H23N5OS2. The van der Waals surface area contributed by atoms with E-state index in [9.17, 15) is 4.79 Å².